The lowest BCUT2D eigenvalue weighted by Crippen LogP contribution is -2.55. The van der Waals surface area contributed by atoms with E-state index in [9.17, 15) is 9.18 Å². The molecule has 3 heterocycles. The van der Waals surface area contributed by atoms with Crippen molar-refractivity contribution in [1.29, 1.82) is 0 Å². The molecule has 2 aliphatic rings. The molecule has 4 rings (SSSR count). The molecule has 1 aromatic heterocycles. The van der Waals surface area contributed by atoms with Crippen LogP contribution in [0.15, 0.2) is 30.5 Å². The average Bonchev–Trinajstić information content (AvgIpc) is 3.06. The zero-order valence-electron chi connectivity index (χ0n) is 15.0. The Bertz CT molecular complexity index is 852. The smallest absolute Gasteiger partial charge is 0.251 e. The average molecular weight is 393 g/mol. The van der Waals surface area contributed by atoms with Gasteiger partial charge in [0.25, 0.3) is 5.91 Å². The number of hydrogen-bond donors (Lipinski definition) is 2. The van der Waals surface area contributed by atoms with Crippen molar-refractivity contribution in [3.05, 3.63) is 35.5 Å². The van der Waals surface area contributed by atoms with Crippen molar-refractivity contribution in [2.24, 2.45) is 0 Å². The highest BCUT2D eigenvalue weighted by Crippen LogP contribution is 2.32. The summed E-state index contributed by atoms with van der Waals surface area (Å²) in [5.41, 5.74) is 1.69. The molecule has 0 radical (unpaired) electrons. The van der Waals surface area contributed by atoms with Crippen LogP contribution in [0.2, 0.25) is 5.02 Å². The summed E-state index contributed by atoms with van der Waals surface area (Å²) in [6.07, 6.45) is -0.166. The first kappa shape index (κ1) is 18.4. The standard InChI is InChI=1S/C19H22ClFN4O2/c1-11-9-25(16-5-4-13(20)18-12(16)3-2-6-23-18)10-17(27-11)19(26)24-15-8-22-7-14(15)21/h2-6,11,14-15,17,22H,7-10H2,1H3,(H,24,26)/t11-,14-,15+,17-/m1/s1. The minimum atomic E-state index is -1.07. The molecule has 2 aliphatic heterocycles. The molecule has 27 heavy (non-hydrogen) atoms. The summed E-state index contributed by atoms with van der Waals surface area (Å²) >= 11 is 6.27. The van der Waals surface area contributed by atoms with Crippen molar-refractivity contribution in [3.8, 4) is 0 Å². The van der Waals surface area contributed by atoms with Gasteiger partial charge in [0, 0.05) is 36.9 Å². The Hall–Kier alpha value is -1.96. The van der Waals surface area contributed by atoms with Crippen molar-refractivity contribution in [3.63, 3.8) is 0 Å². The van der Waals surface area contributed by atoms with Gasteiger partial charge >= 0.3 is 0 Å². The van der Waals surface area contributed by atoms with Gasteiger partial charge in [-0.1, -0.05) is 11.6 Å². The normalized spacial score (nSPS) is 28.5. The number of nitrogens with one attached hydrogen (secondary N) is 2. The molecule has 4 atom stereocenters. The molecule has 2 aromatic rings. The number of aromatic nitrogens is 1. The molecule has 1 amide bonds. The lowest BCUT2D eigenvalue weighted by molar-refractivity contribution is -0.138. The van der Waals surface area contributed by atoms with Gasteiger partial charge in [-0.05, 0) is 31.2 Å². The van der Waals surface area contributed by atoms with Crippen LogP contribution in [0.25, 0.3) is 10.9 Å². The number of amides is 1. The summed E-state index contributed by atoms with van der Waals surface area (Å²) in [4.78, 5) is 19.1. The van der Waals surface area contributed by atoms with Crippen molar-refractivity contribution >= 4 is 34.1 Å². The van der Waals surface area contributed by atoms with Crippen LogP contribution in [0.4, 0.5) is 10.1 Å². The van der Waals surface area contributed by atoms with Gasteiger partial charge in [0.15, 0.2) is 6.10 Å². The van der Waals surface area contributed by atoms with E-state index in [0.717, 1.165) is 16.6 Å². The minimum Gasteiger partial charge on any atom is -0.365 e. The van der Waals surface area contributed by atoms with Crippen LogP contribution in [0.1, 0.15) is 6.92 Å². The van der Waals surface area contributed by atoms with E-state index in [1.165, 1.54) is 0 Å². The monoisotopic (exact) mass is 392 g/mol. The summed E-state index contributed by atoms with van der Waals surface area (Å²) in [5, 5.41) is 7.24. The molecule has 2 fully saturated rings. The maximum atomic E-state index is 13.8. The first-order chi connectivity index (χ1) is 13.0. The van der Waals surface area contributed by atoms with E-state index in [1.54, 1.807) is 6.20 Å². The van der Waals surface area contributed by atoms with Crippen LogP contribution < -0.4 is 15.5 Å². The Morgan fingerprint density at radius 2 is 2.22 bits per heavy atom. The van der Waals surface area contributed by atoms with Gasteiger partial charge in [0.1, 0.15) is 6.17 Å². The van der Waals surface area contributed by atoms with Crippen LogP contribution in [0, 0.1) is 0 Å². The van der Waals surface area contributed by atoms with Crippen LogP contribution in [0.3, 0.4) is 0 Å². The summed E-state index contributed by atoms with van der Waals surface area (Å²) in [5.74, 6) is -0.278. The Labute approximate surface area is 162 Å². The van der Waals surface area contributed by atoms with Gasteiger partial charge in [-0.15, -0.1) is 0 Å². The van der Waals surface area contributed by atoms with Gasteiger partial charge < -0.3 is 20.3 Å². The van der Waals surface area contributed by atoms with Gasteiger partial charge in [-0.2, -0.15) is 0 Å². The summed E-state index contributed by atoms with van der Waals surface area (Å²) < 4.78 is 19.6. The number of fused-ring (bicyclic) bond motifs is 1. The van der Waals surface area contributed by atoms with E-state index < -0.39 is 18.3 Å². The lowest BCUT2D eigenvalue weighted by Gasteiger charge is -2.38. The first-order valence-electron chi connectivity index (χ1n) is 9.11. The van der Waals surface area contributed by atoms with E-state index in [4.69, 9.17) is 16.3 Å². The van der Waals surface area contributed by atoms with Gasteiger partial charge in [-0.3, -0.25) is 9.78 Å². The zero-order valence-corrected chi connectivity index (χ0v) is 15.7. The quantitative estimate of drug-likeness (QED) is 0.835. The molecule has 0 aliphatic carbocycles. The van der Waals surface area contributed by atoms with E-state index in [1.807, 2.05) is 31.2 Å². The SMILES string of the molecule is C[C@@H]1CN(c2ccc(Cl)c3ncccc23)C[C@H](C(=O)N[C@H]2CNC[C@H]2F)O1. The highest BCUT2D eigenvalue weighted by atomic mass is 35.5. The number of anilines is 1. The number of carbonyl (C=O) groups excluding carboxylic acids is 1. The first-order valence-corrected chi connectivity index (χ1v) is 9.49. The van der Waals surface area contributed by atoms with Crippen molar-refractivity contribution < 1.29 is 13.9 Å². The maximum Gasteiger partial charge on any atom is 0.251 e. The molecular weight excluding hydrogens is 371 g/mol. The highest BCUT2D eigenvalue weighted by Gasteiger charge is 2.35. The number of halogens is 2. The zero-order chi connectivity index (χ0) is 19.0. The fourth-order valence-corrected chi connectivity index (χ4v) is 3.97. The topological polar surface area (TPSA) is 66.5 Å². The van der Waals surface area contributed by atoms with Crippen LogP contribution in [-0.4, -0.2) is 61.5 Å². The molecule has 2 saturated heterocycles. The molecular formula is C19H22ClFN4O2. The Balaban J connectivity index is 1.56. The number of pyridine rings is 1. The maximum absolute atomic E-state index is 13.8. The summed E-state index contributed by atoms with van der Waals surface area (Å²) in [6, 6.07) is 7.09. The molecule has 0 unspecified atom stereocenters. The molecule has 0 saturated carbocycles. The molecule has 144 valence electrons. The number of benzene rings is 1. The number of carbonyl (C=O) groups is 1. The molecule has 6 nitrogen and oxygen atoms in total. The molecule has 8 heteroatoms. The van der Waals surface area contributed by atoms with Gasteiger partial charge in [0.2, 0.25) is 0 Å². The second kappa shape index (κ2) is 7.58. The third-order valence-electron chi connectivity index (χ3n) is 5.06. The largest absolute Gasteiger partial charge is 0.365 e. The van der Waals surface area contributed by atoms with E-state index >= 15 is 0 Å². The molecule has 0 bridgehead atoms. The summed E-state index contributed by atoms with van der Waals surface area (Å²) in [6.45, 7) is 3.66. The minimum absolute atomic E-state index is 0.139. The Morgan fingerprint density at radius 3 is 3.00 bits per heavy atom. The van der Waals surface area contributed by atoms with E-state index in [-0.39, 0.29) is 18.6 Å². The van der Waals surface area contributed by atoms with Gasteiger partial charge in [-0.25, -0.2) is 4.39 Å². The number of hydrogen-bond acceptors (Lipinski definition) is 5. The van der Waals surface area contributed by atoms with Crippen molar-refractivity contribution in [2.45, 2.75) is 31.3 Å². The van der Waals surface area contributed by atoms with Crippen molar-refractivity contribution in [1.82, 2.24) is 15.6 Å². The number of alkyl halides is 1. The van der Waals surface area contributed by atoms with E-state index in [0.29, 0.717) is 24.7 Å². The highest BCUT2D eigenvalue weighted by molar-refractivity contribution is 6.35. The fourth-order valence-electron chi connectivity index (χ4n) is 3.76. The number of nitrogens with zero attached hydrogens (tertiary/aromatic N) is 2. The Kier molecular flexibility index (Phi) is 5.16. The Morgan fingerprint density at radius 1 is 1.37 bits per heavy atom. The predicted molar refractivity (Wildman–Crippen MR) is 103 cm³/mol. The molecule has 0 spiro atoms. The van der Waals surface area contributed by atoms with Crippen LogP contribution in [0.5, 0.6) is 0 Å². The molecule has 2 N–H and O–H groups in total. The summed E-state index contributed by atoms with van der Waals surface area (Å²) in [7, 11) is 0. The van der Waals surface area contributed by atoms with Crippen molar-refractivity contribution in [2.75, 3.05) is 31.1 Å². The second-order valence-electron chi connectivity index (χ2n) is 7.10. The van der Waals surface area contributed by atoms with E-state index in [2.05, 4.69) is 20.5 Å². The number of rotatable bonds is 3. The molecule has 1 aromatic carbocycles. The fraction of sp³-hybridized carbons (Fsp3) is 0.474. The lowest BCUT2D eigenvalue weighted by atomic mass is 10.1. The third kappa shape index (κ3) is 3.72. The second-order valence-corrected chi connectivity index (χ2v) is 7.50. The van der Waals surface area contributed by atoms with Crippen LogP contribution in [-0.2, 0) is 9.53 Å². The predicted octanol–water partition coefficient (Wildman–Crippen LogP) is 1.91. The third-order valence-corrected chi connectivity index (χ3v) is 5.36. The van der Waals surface area contributed by atoms with Gasteiger partial charge in [0.05, 0.1) is 29.2 Å². The van der Waals surface area contributed by atoms with Crippen LogP contribution >= 0.6 is 11.6 Å². The number of morpholine rings is 1. The number of ether oxygens (including phenoxy) is 1.